The third kappa shape index (κ3) is 2.71. The zero-order valence-electron chi connectivity index (χ0n) is 12.1. The molecule has 0 aromatic rings. The Hall–Kier alpha value is -0.570. The van der Waals surface area contributed by atoms with Crippen LogP contribution in [-0.4, -0.2) is 29.9 Å². The van der Waals surface area contributed by atoms with Gasteiger partial charge in [0.25, 0.3) is 0 Å². The summed E-state index contributed by atoms with van der Waals surface area (Å²) < 4.78 is 0. The molecule has 18 heavy (non-hydrogen) atoms. The molecule has 0 aromatic heterocycles. The highest BCUT2D eigenvalue weighted by Gasteiger charge is 2.41. The van der Waals surface area contributed by atoms with Crippen LogP contribution in [0.5, 0.6) is 0 Å². The minimum absolute atomic E-state index is 0.203. The summed E-state index contributed by atoms with van der Waals surface area (Å²) in [5.41, 5.74) is 6.15. The van der Waals surface area contributed by atoms with Gasteiger partial charge in [-0.05, 0) is 43.9 Å². The number of rotatable bonds is 2. The van der Waals surface area contributed by atoms with Crippen molar-refractivity contribution in [2.45, 2.75) is 58.9 Å². The Bertz CT molecular complexity index is 304. The van der Waals surface area contributed by atoms with Gasteiger partial charge in [-0.25, -0.2) is 0 Å². The van der Waals surface area contributed by atoms with E-state index in [0.717, 1.165) is 32.4 Å². The number of piperidine rings is 1. The maximum absolute atomic E-state index is 12.6. The number of nitrogens with two attached hydrogens (primary N) is 1. The van der Waals surface area contributed by atoms with Crippen LogP contribution in [0.4, 0.5) is 0 Å². The molecule has 1 saturated carbocycles. The van der Waals surface area contributed by atoms with Gasteiger partial charge >= 0.3 is 0 Å². The Balaban J connectivity index is 1.92. The molecule has 0 spiro atoms. The van der Waals surface area contributed by atoms with Crippen LogP contribution < -0.4 is 5.73 Å². The average molecular weight is 252 g/mol. The molecule has 0 radical (unpaired) electrons. The lowest BCUT2D eigenvalue weighted by Gasteiger charge is -2.37. The molecule has 3 heteroatoms. The van der Waals surface area contributed by atoms with Gasteiger partial charge in [-0.15, -0.1) is 0 Å². The zero-order valence-corrected chi connectivity index (χ0v) is 12.1. The van der Waals surface area contributed by atoms with E-state index in [-0.39, 0.29) is 17.4 Å². The van der Waals surface area contributed by atoms with Crippen LogP contribution >= 0.6 is 0 Å². The monoisotopic (exact) mass is 252 g/mol. The van der Waals surface area contributed by atoms with Crippen molar-refractivity contribution < 1.29 is 4.79 Å². The Morgan fingerprint density at radius 3 is 2.33 bits per heavy atom. The fraction of sp³-hybridized carbons (Fsp3) is 0.933. The number of carbonyl (C=O) groups is 1. The van der Waals surface area contributed by atoms with Crippen LogP contribution in [0.2, 0.25) is 0 Å². The fourth-order valence-corrected chi connectivity index (χ4v) is 3.65. The Labute approximate surface area is 111 Å². The van der Waals surface area contributed by atoms with Crippen LogP contribution in [0.1, 0.15) is 52.9 Å². The molecule has 1 heterocycles. The predicted molar refractivity (Wildman–Crippen MR) is 74.1 cm³/mol. The van der Waals surface area contributed by atoms with Gasteiger partial charge in [-0.3, -0.25) is 4.79 Å². The second-order valence-corrected chi connectivity index (χ2v) is 6.96. The first-order valence-corrected chi connectivity index (χ1v) is 7.46. The normalized spacial score (nSPS) is 30.4. The summed E-state index contributed by atoms with van der Waals surface area (Å²) in [5.74, 6) is 1.26. The molecule has 1 saturated heterocycles. The summed E-state index contributed by atoms with van der Waals surface area (Å²) in [6.45, 7) is 8.41. The Morgan fingerprint density at radius 2 is 1.89 bits per heavy atom. The van der Waals surface area contributed by atoms with E-state index in [0.29, 0.717) is 11.8 Å². The highest BCUT2D eigenvalue weighted by Crippen LogP contribution is 2.43. The largest absolute Gasteiger partial charge is 0.342 e. The summed E-state index contributed by atoms with van der Waals surface area (Å²) in [7, 11) is 0. The van der Waals surface area contributed by atoms with Gasteiger partial charge in [-0.1, -0.05) is 20.3 Å². The molecular formula is C15H28N2O. The average Bonchev–Trinajstić information content (AvgIpc) is 2.68. The number of amides is 1. The molecule has 0 bridgehead atoms. The van der Waals surface area contributed by atoms with Crippen LogP contribution in [0.15, 0.2) is 0 Å². The number of hydrogen-bond donors (Lipinski definition) is 1. The van der Waals surface area contributed by atoms with Crippen molar-refractivity contribution in [3.8, 4) is 0 Å². The Kier molecular flexibility index (Phi) is 4.00. The molecule has 1 amide bonds. The smallest absolute Gasteiger partial charge is 0.226 e. The summed E-state index contributed by atoms with van der Waals surface area (Å²) in [6.07, 6.45) is 5.64. The summed E-state index contributed by atoms with van der Waals surface area (Å²) in [6, 6.07) is 0.269. The molecule has 2 aliphatic rings. The van der Waals surface area contributed by atoms with E-state index >= 15 is 0 Å². The van der Waals surface area contributed by atoms with Gasteiger partial charge in [0.15, 0.2) is 0 Å². The van der Waals surface area contributed by atoms with E-state index in [1.165, 1.54) is 12.8 Å². The van der Waals surface area contributed by atoms with Gasteiger partial charge in [0.1, 0.15) is 0 Å². The van der Waals surface area contributed by atoms with E-state index in [4.69, 9.17) is 5.73 Å². The number of likely N-dealkylation sites (tertiary alicyclic amines) is 1. The lowest BCUT2D eigenvalue weighted by Crippen LogP contribution is -2.46. The Morgan fingerprint density at radius 1 is 1.28 bits per heavy atom. The molecule has 1 aliphatic heterocycles. The molecule has 2 atom stereocenters. The second kappa shape index (κ2) is 5.20. The third-order valence-electron chi connectivity index (χ3n) is 5.15. The van der Waals surface area contributed by atoms with Crippen molar-refractivity contribution in [1.29, 1.82) is 0 Å². The summed E-state index contributed by atoms with van der Waals surface area (Å²) in [5, 5.41) is 0. The lowest BCUT2D eigenvalue weighted by molar-refractivity contribution is -0.139. The predicted octanol–water partition coefficient (Wildman–Crippen LogP) is 2.40. The first kappa shape index (κ1) is 13.9. The number of nitrogens with zero attached hydrogens (tertiary/aromatic N) is 1. The van der Waals surface area contributed by atoms with Gasteiger partial charge in [0.05, 0.1) is 0 Å². The maximum atomic E-state index is 12.6. The van der Waals surface area contributed by atoms with Crippen molar-refractivity contribution in [2.75, 3.05) is 13.1 Å². The van der Waals surface area contributed by atoms with Gasteiger partial charge in [0.2, 0.25) is 5.91 Å². The van der Waals surface area contributed by atoms with Crippen molar-refractivity contribution in [2.24, 2.45) is 23.0 Å². The lowest BCUT2D eigenvalue weighted by atomic mass is 9.80. The van der Waals surface area contributed by atoms with E-state index in [1.807, 2.05) is 0 Å². The van der Waals surface area contributed by atoms with E-state index in [2.05, 4.69) is 25.7 Å². The molecule has 0 aromatic carbocycles. The minimum Gasteiger partial charge on any atom is -0.342 e. The molecule has 2 N–H and O–H groups in total. The zero-order chi connectivity index (χ0) is 13.3. The molecule has 2 unspecified atom stereocenters. The van der Waals surface area contributed by atoms with Gasteiger partial charge < -0.3 is 10.6 Å². The number of carbonyl (C=O) groups excluding carboxylic acids is 1. The highest BCUT2D eigenvalue weighted by molar-refractivity contribution is 5.80. The van der Waals surface area contributed by atoms with Crippen molar-refractivity contribution in [1.82, 2.24) is 4.90 Å². The molecule has 3 nitrogen and oxygen atoms in total. The van der Waals surface area contributed by atoms with Gasteiger partial charge in [0, 0.05) is 25.0 Å². The first-order valence-electron chi connectivity index (χ1n) is 7.46. The van der Waals surface area contributed by atoms with E-state index in [9.17, 15) is 4.79 Å². The molecule has 1 aliphatic carbocycles. The maximum Gasteiger partial charge on any atom is 0.226 e. The molecule has 2 rings (SSSR count). The van der Waals surface area contributed by atoms with Crippen molar-refractivity contribution in [3.63, 3.8) is 0 Å². The topological polar surface area (TPSA) is 46.3 Å². The standard InChI is InChI=1S/C15H28N2O/c1-11(16)12-6-9-17(10-7-12)14(18)13-5-4-8-15(13,2)3/h11-13H,4-10,16H2,1-3H3. The SMILES string of the molecule is CC(N)C1CCN(C(=O)C2CCCC2(C)C)CC1. The van der Waals surface area contributed by atoms with Crippen LogP contribution in [-0.2, 0) is 4.79 Å². The van der Waals surface area contributed by atoms with E-state index in [1.54, 1.807) is 0 Å². The quantitative estimate of drug-likeness (QED) is 0.820. The van der Waals surface area contributed by atoms with Crippen LogP contribution in [0, 0.1) is 17.3 Å². The summed E-state index contributed by atoms with van der Waals surface area (Å²) in [4.78, 5) is 14.7. The third-order valence-corrected chi connectivity index (χ3v) is 5.15. The van der Waals surface area contributed by atoms with Crippen molar-refractivity contribution >= 4 is 5.91 Å². The highest BCUT2D eigenvalue weighted by atomic mass is 16.2. The van der Waals surface area contributed by atoms with Gasteiger partial charge in [-0.2, -0.15) is 0 Å². The molecular weight excluding hydrogens is 224 g/mol. The van der Waals surface area contributed by atoms with Crippen LogP contribution in [0.25, 0.3) is 0 Å². The van der Waals surface area contributed by atoms with Crippen molar-refractivity contribution in [3.05, 3.63) is 0 Å². The van der Waals surface area contributed by atoms with E-state index < -0.39 is 0 Å². The summed E-state index contributed by atoms with van der Waals surface area (Å²) >= 11 is 0. The molecule has 104 valence electrons. The fourth-order valence-electron chi connectivity index (χ4n) is 3.65. The molecule has 2 fully saturated rings. The minimum atomic E-state index is 0.203. The number of hydrogen-bond acceptors (Lipinski definition) is 2. The first-order chi connectivity index (χ1) is 8.42. The second-order valence-electron chi connectivity index (χ2n) is 6.96. The van der Waals surface area contributed by atoms with Crippen LogP contribution in [0.3, 0.4) is 0 Å².